The maximum atomic E-state index is 5.41. The van der Waals surface area contributed by atoms with Crippen LogP contribution in [-0.2, 0) is 4.74 Å². The van der Waals surface area contributed by atoms with E-state index < -0.39 is 0 Å². The van der Waals surface area contributed by atoms with Crippen LogP contribution in [0, 0.1) is 0 Å². The number of rotatable bonds is 4. The van der Waals surface area contributed by atoms with Crippen LogP contribution in [0.4, 0.5) is 0 Å². The highest BCUT2D eigenvalue weighted by atomic mass is 16.5. The van der Waals surface area contributed by atoms with Gasteiger partial charge in [-0.1, -0.05) is 42.5 Å². The first-order chi connectivity index (χ1) is 7.95. The highest BCUT2D eigenvalue weighted by Crippen LogP contribution is 2.05. The molecule has 1 fully saturated rings. The molecule has 1 aliphatic heterocycles. The summed E-state index contributed by atoms with van der Waals surface area (Å²) in [6.07, 6.45) is 6.74. The van der Waals surface area contributed by atoms with Crippen LogP contribution in [0.1, 0.15) is 18.4 Å². The third kappa shape index (κ3) is 3.80. The molecule has 2 heteroatoms. The second-order valence-electron chi connectivity index (χ2n) is 4.14. The molecule has 0 bridgehead atoms. The summed E-state index contributed by atoms with van der Waals surface area (Å²) in [5, 5.41) is 3.48. The van der Waals surface area contributed by atoms with Crippen molar-refractivity contribution in [1.82, 2.24) is 5.32 Å². The number of benzene rings is 1. The summed E-state index contributed by atoms with van der Waals surface area (Å²) in [7, 11) is 0. The van der Waals surface area contributed by atoms with Gasteiger partial charge in [-0.05, 0) is 18.4 Å². The van der Waals surface area contributed by atoms with E-state index in [2.05, 4.69) is 41.7 Å². The molecule has 2 rings (SSSR count). The van der Waals surface area contributed by atoms with Gasteiger partial charge in [-0.15, -0.1) is 0 Å². The van der Waals surface area contributed by atoms with Gasteiger partial charge in [-0.25, -0.2) is 0 Å². The molecule has 1 aromatic rings. The molecule has 1 atom stereocenters. The van der Waals surface area contributed by atoms with Crippen molar-refractivity contribution in [1.29, 1.82) is 0 Å². The summed E-state index contributed by atoms with van der Waals surface area (Å²) < 4.78 is 5.41. The van der Waals surface area contributed by atoms with Crippen LogP contribution in [0.15, 0.2) is 36.4 Å². The fourth-order valence-corrected chi connectivity index (χ4v) is 1.90. The standard InChI is InChI=1S/C14H19NO/c1-2-6-13(7-3-1)8-4-10-15-14-9-5-11-16-12-14/h1-4,6-8,14-15H,5,9-12H2/b8-4+. The summed E-state index contributed by atoms with van der Waals surface area (Å²) in [4.78, 5) is 0. The number of nitrogens with one attached hydrogen (secondary N) is 1. The quantitative estimate of drug-likeness (QED) is 0.836. The van der Waals surface area contributed by atoms with Gasteiger partial charge in [0.15, 0.2) is 0 Å². The first kappa shape index (κ1) is 11.4. The Balaban J connectivity index is 1.69. The van der Waals surface area contributed by atoms with Crippen molar-refractivity contribution in [2.24, 2.45) is 0 Å². The average Bonchev–Trinajstić information content (AvgIpc) is 2.37. The van der Waals surface area contributed by atoms with Gasteiger partial charge in [-0.3, -0.25) is 0 Å². The van der Waals surface area contributed by atoms with Gasteiger partial charge in [0.25, 0.3) is 0 Å². The number of ether oxygens (including phenoxy) is 1. The Morgan fingerprint density at radius 3 is 2.94 bits per heavy atom. The van der Waals surface area contributed by atoms with Crippen molar-refractivity contribution in [3.05, 3.63) is 42.0 Å². The first-order valence-electron chi connectivity index (χ1n) is 5.98. The summed E-state index contributed by atoms with van der Waals surface area (Å²) in [6, 6.07) is 10.9. The van der Waals surface area contributed by atoms with Crippen molar-refractivity contribution in [3.63, 3.8) is 0 Å². The lowest BCUT2D eigenvalue weighted by Gasteiger charge is -2.22. The minimum Gasteiger partial charge on any atom is -0.380 e. The van der Waals surface area contributed by atoms with E-state index in [9.17, 15) is 0 Å². The maximum Gasteiger partial charge on any atom is 0.0619 e. The lowest BCUT2D eigenvalue weighted by molar-refractivity contribution is 0.0717. The molecule has 1 unspecified atom stereocenters. The van der Waals surface area contributed by atoms with Crippen molar-refractivity contribution in [3.8, 4) is 0 Å². The highest BCUT2D eigenvalue weighted by molar-refractivity contribution is 5.48. The second kappa shape index (κ2) is 6.46. The summed E-state index contributed by atoms with van der Waals surface area (Å²) in [6.45, 7) is 2.71. The Labute approximate surface area is 97.3 Å². The van der Waals surface area contributed by atoms with Crippen LogP contribution in [0.2, 0.25) is 0 Å². The van der Waals surface area contributed by atoms with Gasteiger partial charge in [0, 0.05) is 19.2 Å². The molecular weight excluding hydrogens is 198 g/mol. The Kier molecular flexibility index (Phi) is 4.59. The maximum absolute atomic E-state index is 5.41. The van der Waals surface area contributed by atoms with E-state index in [0.29, 0.717) is 6.04 Å². The third-order valence-corrected chi connectivity index (χ3v) is 2.79. The minimum absolute atomic E-state index is 0.536. The predicted molar refractivity (Wildman–Crippen MR) is 67.3 cm³/mol. The fraction of sp³-hybridized carbons (Fsp3) is 0.429. The molecule has 2 nitrogen and oxygen atoms in total. The molecule has 0 aromatic heterocycles. The molecule has 1 aliphatic rings. The van der Waals surface area contributed by atoms with Gasteiger partial charge in [0.2, 0.25) is 0 Å². The number of hydrogen-bond acceptors (Lipinski definition) is 2. The molecule has 1 aromatic carbocycles. The van der Waals surface area contributed by atoms with Gasteiger partial charge < -0.3 is 10.1 Å². The van der Waals surface area contributed by atoms with Crippen molar-refractivity contribution in [2.75, 3.05) is 19.8 Å². The zero-order valence-corrected chi connectivity index (χ0v) is 9.56. The zero-order valence-electron chi connectivity index (χ0n) is 9.56. The van der Waals surface area contributed by atoms with E-state index >= 15 is 0 Å². The molecule has 0 aliphatic carbocycles. The Hall–Kier alpha value is -1.12. The van der Waals surface area contributed by atoms with Crippen molar-refractivity contribution >= 4 is 6.08 Å². The van der Waals surface area contributed by atoms with Crippen molar-refractivity contribution in [2.45, 2.75) is 18.9 Å². The Morgan fingerprint density at radius 1 is 1.31 bits per heavy atom. The van der Waals surface area contributed by atoms with Crippen LogP contribution in [-0.4, -0.2) is 25.8 Å². The third-order valence-electron chi connectivity index (χ3n) is 2.79. The molecule has 1 N–H and O–H groups in total. The van der Waals surface area contributed by atoms with E-state index in [0.717, 1.165) is 19.8 Å². The summed E-state index contributed by atoms with van der Waals surface area (Å²) in [5.74, 6) is 0. The van der Waals surface area contributed by atoms with Gasteiger partial charge >= 0.3 is 0 Å². The highest BCUT2D eigenvalue weighted by Gasteiger charge is 2.11. The van der Waals surface area contributed by atoms with E-state index in [1.807, 2.05) is 6.07 Å². The van der Waals surface area contributed by atoms with Crippen LogP contribution < -0.4 is 5.32 Å². The van der Waals surface area contributed by atoms with Crippen LogP contribution in [0.3, 0.4) is 0 Å². The fourth-order valence-electron chi connectivity index (χ4n) is 1.90. The molecule has 0 radical (unpaired) electrons. The lowest BCUT2D eigenvalue weighted by Crippen LogP contribution is -2.36. The Bertz CT molecular complexity index is 315. The summed E-state index contributed by atoms with van der Waals surface area (Å²) >= 11 is 0. The smallest absolute Gasteiger partial charge is 0.0619 e. The van der Waals surface area contributed by atoms with Crippen LogP contribution in [0.5, 0.6) is 0 Å². The van der Waals surface area contributed by atoms with Crippen LogP contribution >= 0.6 is 0 Å². The Morgan fingerprint density at radius 2 is 2.19 bits per heavy atom. The molecule has 1 heterocycles. The van der Waals surface area contributed by atoms with E-state index in [4.69, 9.17) is 4.74 Å². The molecule has 1 saturated heterocycles. The van der Waals surface area contributed by atoms with Gasteiger partial charge in [0.05, 0.1) is 6.61 Å². The molecular formula is C14H19NO. The van der Waals surface area contributed by atoms with Gasteiger partial charge in [-0.2, -0.15) is 0 Å². The van der Waals surface area contributed by atoms with E-state index in [-0.39, 0.29) is 0 Å². The summed E-state index contributed by atoms with van der Waals surface area (Å²) in [5.41, 5.74) is 1.25. The van der Waals surface area contributed by atoms with E-state index in [1.165, 1.54) is 18.4 Å². The minimum atomic E-state index is 0.536. The predicted octanol–water partition coefficient (Wildman–Crippen LogP) is 2.47. The average molecular weight is 217 g/mol. The first-order valence-corrected chi connectivity index (χ1v) is 5.98. The largest absolute Gasteiger partial charge is 0.380 e. The van der Waals surface area contributed by atoms with Gasteiger partial charge in [0.1, 0.15) is 0 Å². The molecule has 0 spiro atoms. The second-order valence-corrected chi connectivity index (χ2v) is 4.14. The molecule has 86 valence electrons. The molecule has 0 amide bonds. The zero-order chi connectivity index (χ0) is 11.1. The monoisotopic (exact) mass is 217 g/mol. The lowest BCUT2D eigenvalue weighted by atomic mass is 10.1. The van der Waals surface area contributed by atoms with Crippen molar-refractivity contribution < 1.29 is 4.74 Å². The topological polar surface area (TPSA) is 21.3 Å². The van der Waals surface area contributed by atoms with Crippen LogP contribution in [0.25, 0.3) is 6.08 Å². The normalized spacial score (nSPS) is 21.4. The molecule has 0 saturated carbocycles. The molecule has 16 heavy (non-hydrogen) atoms. The SMILES string of the molecule is C(=C\c1ccccc1)/CNC1CCCOC1. The van der Waals surface area contributed by atoms with E-state index in [1.54, 1.807) is 0 Å². The number of hydrogen-bond donors (Lipinski definition) is 1.